The Balaban J connectivity index is 1.30. The lowest BCUT2D eigenvalue weighted by Crippen LogP contribution is -2.51. The monoisotopic (exact) mass is 455 g/mol. The van der Waals surface area contributed by atoms with Gasteiger partial charge in [-0.05, 0) is 29.8 Å². The number of rotatable bonds is 7. The Bertz CT molecular complexity index is 1050. The van der Waals surface area contributed by atoms with Crippen LogP contribution >= 0.6 is 11.5 Å². The van der Waals surface area contributed by atoms with Gasteiger partial charge in [0.05, 0.1) is 19.3 Å². The molecule has 0 aliphatic carbocycles. The molecular weight excluding hydrogens is 429 g/mol. The van der Waals surface area contributed by atoms with E-state index in [0.29, 0.717) is 30.5 Å². The Morgan fingerprint density at radius 1 is 1.12 bits per heavy atom. The molecule has 0 spiro atoms. The molecule has 1 aromatic heterocycles. The number of para-hydroxylation sites is 2. The Kier molecular flexibility index (Phi) is 6.84. The molecule has 168 valence electrons. The van der Waals surface area contributed by atoms with Crippen LogP contribution in [0.25, 0.3) is 0 Å². The van der Waals surface area contributed by atoms with Crippen LogP contribution < -0.4 is 14.5 Å². The molecule has 0 radical (unpaired) electrons. The molecule has 2 aromatic carbocycles. The Morgan fingerprint density at radius 3 is 2.56 bits per heavy atom. The molecule has 7 nitrogen and oxygen atoms in total. The highest BCUT2D eigenvalue weighted by atomic mass is 32.1. The van der Waals surface area contributed by atoms with Crippen molar-refractivity contribution in [3.63, 3.8) is 0 Å². The summed E-state index contributed by atoms with van der Waals surface area (Å²) in [6.45, 7) is 3.10. The van der Waals surface area contributed by atoms with E-state index >= 15 is 0 Å². The zero-order valence-electron chi connectivity index (χ0n) is 18.2. The number of hydrogen-bond acceptors (Lipinski definition) is 7. The summed E-state index contributed by atoms with van der Waals surface area (Å²) in [6, 6.07) is 14.3. The molecule has 1 aliphatic rings. The summed E-state index contributed by atoms with van der Waals surface area (Å²) in [5.74, 6) is 1.33. The Morgan fingerprint density at radius 2 is 1.84 bits per heavy atom. The molecule has 0 saturated carbocycles. The molecule has 1 fully saturated rings. The lowest BCUT2D eigenvalue weighted by molar-refractivity contribution is -0.129. The quantitative estimate of drug-likeness (QED) is 0.546. The first-order valence-corrected chi connectivity index (χ1v) is 11.2. The van der Waals surface area contributed by atoms with Crippen LogP contribution in [0.15, 0.2) is 48.5 Å². The maximum absolute atomic E-state index is 13.1. The van der Waals surface area contributed by atoms with Gasteiger partial charge in [-0.2, -0.15) is 4.37 Å². The van der Waals surface area contributed by atoms with Crippen LogP contribution in [0.4, 0.5) is 15.2 Å². The smallest absolute Gasteiger partial charge is 0.242 e. The highest BCUT2D eigenvalue weighted by Crippen LogP contribution is 2.28. The molecule has 0 unspecified atom stereocenters. The van der Waals surface area contributed by atoms with Crippen molar-refractivity contribution in [1.29, 1.82) is 0 Å². The van der Waals surface area contributed by atoms with Gasteiger partial charge in [0.15, 0.2) is 0 Å². The number of nitrogens with zero attached hydrogens (tertiary/aromatic N) is 5. The Labute approximate surface area is 191 Å². The van der Waals surface area contributed by atoms with Crippen LogP contribution in [0, 0.1) is 5.82 Å². The molecule has 0 N–H and O–H groups in total. The van der Waals surface area contributed by atoms with Crippen molar-refractivity contribution in [3.8, 4) is 5.75 Å². The number of methoxy groups -OCH3 is 1. The topological polar surface area (TPSA) is 61.8 Å². The van der Waals surface area contributed by atoms with Crippen molar-refractivity contribution in [1.82, 2.24) is 14.3 Å². The van der Waals surface area contributed by atoms with Crippen molar-refractivity contribution in [2.24, 2.45) is 0 Å². The molecule has 0 bridgehead atoms. The third-order valence-electron chi connectivity index (χ3n) is 5.49. The molecule has 2 heterocycles. The molecule has 9 heteroatoms. The van der Waals surface area contributed by atoms with Gasteiger partial charge in [0.1, 0.15) is 17.4 Å². The number of likely N-dealkylation sites (N-methyl/N-ethyl adjacent to an activating group) is 1. The lowest BCUT2D eigenvalue weighted by atomic mass is 10.1. The van der Waals surface area contributed by atoms with Gasteiger partial charge in [0.2, 0.25) is 11.0 Å². The molecule has 1 aliphatic heterocycles. The minimum Gasteiger partial charge on any atom is -0.495 e. The van der Waals surface area contributed by atoms with Gasteiger partial charge in [-0.25, -0.2) is 9.37 Å². The van der Waals surface area contributed by atoms with E-state index in [4.69, 9.17) is 4.74 Å². The molecule has 4 rings (SSSR count). The second kappa shape index (κ2) is 9.95. The van der Waals surface area contributed by atoms with Crippen LogP contribution in [0.1, 0.15) is 11.4 Å². The van der Waals surface area contributed by atoms with E-state index < -0.39 is 0 Å². The highest BCUT2D eigenvalue weighted by molar-refractivity contribution is 7.09. The van der Waals surface area contributed by atoms with Crippen LogP contribution in [0.5, 0.6) is 5.75 Å². The van der Waals surface area contributed by atoms with Crippen molar-refractivity contribution in [2.75, 3.05) is 56.7 Å². The van der Waals surface area contributed by atoms with E-state index in [0.717, 1.165) is 30.1 Å². The van der Waals surface area contributed by atoms with Crippen molar-refractivity contribution >= 4 is 28.3 Å². The van der Waals surface area contributed by atoms with Gasteiger partial charge in [-0.3, -0.25) is 4.79 Å². The summed E-state index contributed by atoms with van der Waals surface area (Å²) in [6.07, 6.45) is 0.531. The lowest BCUT2D eigenvalue weighted by Gasteiger charge is -2.37. The fourth-order valence-electron chi connectivity index (χ4n) is 3.71. The predicted molar refractivity (Wildman–Crippen MR) is 124 cm³/mol. The zero-order valence-corrected chi connectivity index (χ0v) is 19.0. The second-order valence-electron chi connectivity index (χ2n) is 7.69. The number of carbonyl (C=O) groups excluding carboxylic acids is 1. The third-order valence-corrected chi connectivity index (χ3v) is 6.36. The number of ether oxygens (including phenoxy) is 1. The molecule has 32 heavy (non-hydrogen) atoms. The average Bonchev–Trinajstić information content (AvgIpc) is 3.29. The van der Waals surface area contributed by atoms with E-state index in [1.54, 1.807) is 19.2 Å². The summed E-state index contributed by atoms with van der Waals surface area (Å²) >= 11 is 1.27. The summed E-state index contributed by atoms with van der Waals surface area (Å²) < 4.78 is 22.9. The van der Waals surface area contributed by atoms with E-state index in [9.17, 15) is 9.18 Å². The van der Waals surface area contributed by atoms with Crippen LogP contribution in [0.3, 0.4) is 0 Å². The SMILES string of the molecule is COc1ccccc1N1CCN(C(=O)CN(C)c2nc(Cc3ccc(F)cc3)ns2)CC1. The average molecular weight is 456 g/mol. The van der Waals surface area contributed by atoms with E-state index in [1.165, 1.54) is 23.7 Å². The Hall–Kier alpha value is -3.20. The predicted octanol–water partition coefficient (Wildman–Crippen LogP) is 3.06. The number of carbonyl (C=O) groups is 1. The largest absolute Gasteiger partial charge is 0.495 e. The molecule has 1 amide bonds. The summed E-state index contributed by atoms with van der Waals surface area (Å²) in [7, 11) is 3.53. The number of benzene rings is 2. The number of hydrogen-bond donors (Lipinski definition) is 0. The van der Waals surface area contributed by atoms with Crippen LogP contribution in [0.2, 0.25) is 0 Å². The van der Waals surface area contributed by atoms with Crippen LogP contribution in [-0.2, 0) is 11.2 Å². The van der Waals surface area contributed by atoms with Gasteiger partial charge in [-0.15, -0.1) is 0 Å². The maximum Gasteiger partial charge on any atom is 0.242 e. The molecular formula is C23H26FN5O2S. The zero-order chi connectivity index (χ0) is 22.5. The first kappa shape index (κ1) is 22.0. The van der Waals surface area contributed by atoms with Crippen LogP contribution in [-0.4, -0.2) is 67.0 Å². The minimum absolute atomic E-state index is 0.0717. The number of halogens is 1. The van der Waals surface area contributed by atoms with Gasteiger partial charge >= 0.3 is 0 Å². The highest BCUT2D eigenvalue weighted by Gasteiger charge is 2.24. The fourth-order valence-corrected chi connectivity index (χ4v) is 4.36. The number of anilines is 2. The maximum atomic E-state index is 13.1. The van der Waals surface area contributed by atoms with Gasteiger partial charge in [0.25, 0.3) is 0 Å². The number of piperazine rings is 1. The first-order valence-electron chi connectivity index (χ1n) is 10.5. The normalized spacial score (nSPS) is 13.8. The van der Waals surface area contributed by atoms with Crippen molar-refractivity contribution in [3.05, 3.63) is 65.7 Å². The summed E-state index contributed by atoms with van der Waals surface area (Å²) in [5, 5.41) is 0.697. The van der Waals surface area contributed by atoms with E-state index in [1.807, 2.05) is 41.1 Å². The second-order valence-corrected chi connectivity index (χ2v) is 8.42. The van der Waals surface area contributed by atoms with Crippen molar-refractivity contribution < 1.29 is 13.9 Å². The number of amides is 1. The number of aromatic nitrogens is 2. The van der Waals surface area contributed by atoms with Gasteiger partial charge in [-0.1, -0.05) is 24.3 Å². The summed E-state index contributed by atoms with van der Waals surface area (Å²) in [5.41, 5.74) is 2.00. The fraction of sp³-hybridized carbons (Fsp3) is 0.348. The standard InChI is InChI=1S/C23H26FN5O2S/c1-27(23-25-21(26-32-23)15-17-7-9-18(24)10-8-17)16-22(30)29-13-11-28(12-14-29)19-5-3-4-6-20(19)31-2/h3-10H,11-16H2,1-2H3. The van der Waals surface area contributed by atoms with Crippen molar-refractivity contribution in [2.45, 2.75) is 6.42 Å². The molecule has 1 saturated heterocycles. The van der Waals surface area contributed by atoms with Gasteiger partial charge < -0.3 is 19.4 Å². The third kappa shape index (κ3) is 5.16. The molecule has 3 aromatic rings. The summed E-state index contributed by atoms with van der Waals surface area (Å²) in [4.78, 5) is 23.4. The molecule has 0 atom stereocenters. The first-order chi connectivity index (χ1) is 15.5. The van der Waals surface area contributed by atoms with Gasteiger partial charge in [0, 0.05) is 51.2 Å². The minimum atomic E-state index is -0.261. The van der Waals surface area contributed by atoms with E-state index in [2.05, 4.69) is 14.3 Å². The van der Waals surface area contributed by atoms with E-state index in [-0.39, 0.29) is 18.3 Å².